The molecule has 1 aromatic rings. The van der Waals surface area contributed by atoms with Gasteiger partial charge in [-0.25, -0.2) is 4.39 Å². The van der Waals surface area contributed by atoms with Gasteiger partial charge in [-0.3, -0.25) is 0 Å². The average molecular weight is 196 g/mol. The van der Waals surface area contributed by atoms with E-state index in [1.807, 2.05) is 12.1 Å². The van der Waals surface area contributed by atoms with Gasteiger partial charge in [0.1, 0.15) is 12.4 Å². The van der Waals surface area contributed by atoms with Crippen LogP contribution in [0.2, 0.25) is 0 Å². The van der Waals surface area contributed by atoms with Crippen molar-refractivity contribution in [1.29, 1.82) is 0 Å². The minimum atomic E-state index is -0.0840. The van der Waals surface area contributed by atoms with E-state index in [1.165, 1.54) is 25.3 Å². The van der Waals surface area contributed by atoms with Gasteiger partial charge in [0.2, 0.25) is 0 Å². The van der Waals surface area contributed by atoms with Crippen LogP contribution in [0.4, 0.5) is 4.39 Å². The lowest BCUT2D eigenvalue weighted by molar-refractivity contribution is -0.671. The molecule has 0 radical (unpaired) electrons. The van der Waals surface area contributed by atoms with Crippen LogP contribution in [0.15, 0.2) is 24.3 Å². The molecule has 0 aliphatic carbocycles. The van der Waals surface area contributed by atoms with Crippen LogP contribution in [0.3, 0.4) is 0 Å². The molecule has 0 saturated carbocycles. The predicted molar refractivity (Wildman–Crippen MR) is 56.4 cm³/mol. The molecule has 1 nitrogen and oxygen atoms in total. The minimum Gasteiger partial charge on any atom is -0.342 e. The first kappa shape index (κ1) is 11.2. The number of unbranched alkanes of at least 4 members (excludes halogenated alkanes) is 2. The zero-order valence-corrected chi connectivity index (χ0v) is 8.80. The third kappa shape index (κ3) is 3.88. The first-order valence-corrected chi connectivity index (χ1v) is 5.39. The normalized spacial score (nSPS) is 10.4. The zero-order chi connectivity index (χ0) is 10.2. The van der Waals surface area contributed by atoms with E-state index in [1.54, 1.807) is 6.07 Å². The molecule has 1 rings (SSSR count). The first-order valence-electron chi connectivity index (χ1n) is 5.39. The highest BCUT2D eigenvalue weighted by molar-refractivity contribution is 5.15. The van der Waals surface area contributed by atoms with Crippen LogP contribution < -0.4 is 5.32 Å². The van der Waals surface area contributed by atoms with E-state index in [4.69, 9.17) is 0 Å². The van der Waals surface area contributed by atoms with E-state index in [0.717, 1.165) is 18.7 Å². The van der Waals surface area contributed by atoms with Gasteiger partial charge in [0.25, 0.3) is 0 Å². The number of hydrogen-bond acceptors (Lipinski definition) is 0. The van der Waals surface area contributed by atoms with Crippen molar-refractivity contribution in [1.82, 2.24) is 0 Å². The molecule has 78 valence electrons. The van der Waals surface area contributed by atoms with Gasteiger partial charge in [-0.05, 0) is 18.9 Å². The molecule has 0 bridgehead atoms. The molecule has 2 heteroatoms. The zero-order valence-electron chi connectivity index (χ0n) is 8.80. The Hall–Kier alpha value is -0.890. The van der Waals surface area contributed by atoms with Crippen molar-refractivity contribution in [2.24, 2.45) is 0 Å². The number of benzene rings is 1. The summed E-state index contributed by atoms with van der Waals surface area (Å²) in [6, 6.07) is 7.00. The highest BCUT2D eigenvalue weighted by Gasteiger charge is 2.01. The lowest BCUT2D eigenvalue weighted by atomic mass is 10.2. The predicted octanol–water partition coefficient (Wildman–Crippen LogP) is 2.08. The van der Waals surface area contributed by atoms with Crippen molar-refractivity contribution < 1.29 is 9.71 Å². The fourth-order valence-corrected chi connectivity index (χ4v) is 1.46. The van der Waals surface area contributed by atoms with Crippen molar-refractivity contribution in [2.75, 3.05) is 6.54 Å². The standard InChI is InChI=1S/C12H18FN/c1-2-3-6-9-14-10-11-7-4-5-8-12(11)13/h4-5,7-8,14H,2-3,6,9-10H2,1H3/p+1. The van der Waals surface area contributed by atoms with Crippen LogP contribution in [-0.2, 0) is 6.54 Å². The average Bonchev–Trinajstić information content (AvgIpc) is 2.20. The summed E-state index contributed by atoms with van der Waals surface area (Å²) in [5.74, 6) is -0.0840. The van der Waals surface area contributed by atoms with Crippen molar-refractivity contribution >= 4 is 0 Å². The number of hydrogen-bond donors (Lipinski definition) is 1. The Morgan fingerprint density at radius 2 is 2.00 bits per heavy atom. The molecule has 0 fully saturated rings. The molecule has 14 heavy (non-hydrogen) atoms. The minimum absolute atomic E-state index is 0.0840. The maximum absolute atomic E-state index is 13.1. The van der Waals surface area contributed by atoms with Crippen LogP contribution in [0, 0.1) is 5.82 Å². The van der Waals surface area contributed by atoms with Crippen LogP contribution in [0.1, 0.15) is 31.7 Å². The Balaban J connectivity index is 2.21. The van der Waals surface area contributed by atoms with E-state index in [0.29, 0.717) is 0 Å². The summed E-state index contributed by atoms with van der Waals surface area (Å²) in [5.41, 5.74) is 0.809. The Morgan fingerprint density at radius 3 is 2.71 bits per heavy atom. The summed E-state index contributed by atoms with van der Waals surface area (Å²) in [6.07, 6.45) is 3.74. The molecule has 0 unspecified atom stereocenters. The Bertz CT molecular complexity index is 260. The topological polar surface area (TPSA) is 16.6 Å². The van der Waals surface area contributed by atoms with Crippen molar-refractivity contribution in [3.05, 3.63) is 35.6 Å². The van der Waals surface area contributed by atoms with Gasteiger partial charge in [0.15, 0.2) is 0 Å². The van der Waals surface area contributed by atoms with Crippen LogP contribution >= 0.6 is 0 Å². The highest BCUT2D eigenvalue weighted by Crippen LogP contribution is 2.03. The Labute approximate surface area is 85.3 Å². The third-order valence-electron chi connectivity index (χ3n) is 2.33. The van der Waals surface area contributed by atoms with Crippen molar-refractivity contribution in [3.63, 3.8) is 0 Å². The van der Waals surface area contributed by atoms with Gasteiger partial charge in [-0.1, -0.05) is 31.5 Å². The molecule has 0 heterocycles. The lowest BCUT2D eigenvalue weighted by Crippen LogP contribution is -2.82. The lowest BCUT2D eigenvalue weighted by Gasteiger charge is -2.02. The molecule has 0 aliphatic heterocycles. The summed E-state index contributed by atoms with van der Waals surface area (Å²) in [5, 5.41) is 2.17. The molecular weight excluding hydrogens is 177 g/mol. The molecule has 2 N–H and O–H groups in total. The van der Waals surface area contributed by atoms with E-state index in [2.05, 4.69) is 12.2 Å². The van der Waals surface area contributed by atoms with E-state index in [9.17, 15) is 4.39 Å². The highest BCUT2D eigenvalue weighted by atomic mass is 19.1. The maximum Gasteiger partial charge on any atom is 0.132 e. The monoisotopic (exact) mass is 196 g/mol. The summed E-state index contributed by atoms with van der Waals surface area (Å²) in [4.78, 5) is 0. The number of nitrogens with two attached hydrogens (primary N) is 1. The molecule has 0 spiro atoms. The van der Waals surface area contributed by atoms with Gasteiger partial charge in [-0.2, -0.15) is 0 Å². The second kappa shape index (κ2) is 6.55. The van der Waals surface area contributed by atoms with Crippen molar-refractivity contribution in [2.45, 2.75) is 32.7 Å². The summed E-state index contributed by atoms with van der Waals surface area (Å²) in [7, 11) is 0. The maximum atomic E-state index is 13.1. The summed E-state index contributed by atoms with van der Waals surface area (Å²) >= 11 is 0. The van der Waals surface area contributed by atoms with Gasteiger partial charge < -0.3 is 5.32 Å². The molecule has 0 saturated heterocycles. The van der Waals surface area contributed by atoms with E-state index >= 15 is 0 Å². The quantitative estimate of drug-likeness (QED) is 0.671. The second-order valence-corrected chi connectivity index (χ2v) is 3.58. The van der Waals surface area contributed by atoms with Crippen LogP contribution in [0.25, 0.3) is 0 Å². The van der Waals surface area contributed by atoms with Crippen LogP contribution in [0.5, 0.6) is 0 Å². The largest absolute Gasteiger partial charge is 0.342 e. The molecule has 0 aliphatic rings. The third-order valence-corrected chi connectivity index (χ3v) is 2.33. The van der Waals surface area contributed by atoms with E-state index < -0.39 is 0 Å². The van der Waals surface area contributed by atoms with Gasteiger partial charge in [0.05, 0.1) is 6.54 Å². The first-order chi connectivity index (χ1) is 6.84. The molecule has 0 aromatic heterocycles. The van der Waals surface area contributed by atoms with Gasteiger partial charge in [0, 0.05) is 5.56 Å². The van der Waals surface area contributed by atoms with E-state index in [-0.39, 0.29) is 5.82 Å². The molecule has 0 amide bonds. The second-order valence-electron chi connectivity index (χ2n) is 3.58. The molecule has 1 aromatic carbocycles. The SMILES string of the molecule is CCCCC[NH2+]Cc1ccccc1F. The summed E-state index contributed by atoms with van der Waals surface area (Å²) < 4.78 is 13.1. The fraction of sp³-hybridized carbons (Fsp3) is 0.500. The Morgan fingerprint density at radius 1 is 1.21 bits per heavy atom. The molecule has 0 atom stereocenters. The van der Waals surface area contributed by atoms with Gasteiger partial charge >= 0.3 is 0 Å². The van der Waals surface area contributed by atoms with Crippen molar-refractivity contribution in [3.8, 4) is 0 Å². The smallest absolute Gasteiger partial charge is 0.132 e. The Kier molecular flexibility index (Phi) is 5.23. The summed E-state index contributed by atoms with van der Waals surface area (Å²) in [6.45, 7) is 4.05. The number of halogens is 1. The fourth-order valence-electron chi connectivity index (χ4n) is 1.46. The van der Waals surface area contributed by atoms with Crippen LogP contribution in [-0.4, -0.2) is 6.54 Å². The number of quaternary nitrogens is 1. The molecular formula is C12H19FN+. The van der Waals surface area contributed by atoms with Gasteiger partial charge in [-0.15, -0.1) is 0 Å². The number of rotatable bonds is 6.